The Morgan fingerprint density at radius 1 is 0.848 bits per heavy atom. The molecular formula is C29H33NO3. The highest BCUT2D eigenvalue weighted by atomic mass is 16.5. The highest BCUT2D eigenvalue weighted by molar-refractivity contribution is 5.94. The van der Waals surface area contributed by atoms with Gasteiger partial charge in [0.25, 0.3) is 5.91 Å². The Morgan fingerprint density at radius 3 is 2.24 bits per heavy atom. The molecule has 4 rings (SSSR count). The normalized spacial score (nSPS) is 14.3. The number of ether oxygens (including phenoxy) is 2. The van der Waals surface area contributed by atoms with Gasteiger partial charge in [0, 0.05) is 17.2 Å². The van der Waals surface area contributed by atoms with Gasteiger partial charge in [-0.15, -0.1) is 0 Å². The third kappa shape index (κ3) is 6.38. The summed E-state index contributed by atoms with van der Waals surface area (Å²) in [7, 11) is 0. The predicted octanol–water partition coefficient (Wildman–Crippen LogP) is 6.78. The van der Waals surface area contributed by atoms with Crippen molar-refractivity contribution in [2.24, 2.45) is 0 Å². The number of rotatable bonds is 8. The smallest absolute Gasteiger partial charge is 0.251 e. The van der Waals surface area contributed by atoms with E-state index in [2.05, 4.69) is 29.6 Å². The molecule has 1 N–H and O–H groups in total. The van der Waals surface area contributed by atoms with E-state index in [1.807, 2.05) is 55.5 Å². The van der Waals surface area contributed by atoms with Crippen LogP contribution in [0.1, 0.15) is 61.4 Å². The summed E-state index contributed by atoms with van der Waals surface area (Å²) in [6, 6.07) is 24.2. The molecule has 0 saturated heterocycles. The molecule has 4 heteroatoms. The fourth-order valence-corrected chi connectivity index (χ4v) is 4.36. The first-order valence-corrected chi connectivity index (χ1v) is 12.1. The maximum absolute atomic E-state index is 12.9. The molecule has 1 fully saturated rings. The summed E-state index contributed by atoms with van der Waals surface area (Å²) in [4.78, 5) is 12.9. The lowest BCUT2D eigenvalue weighted by Crippen LogP contribution is -2.34. The Morgan fingerprint density at radius 2 is 1.55 bits per heavy atom. The molecule has 0 atom stereocenters. The van der Waals surface area contributed by atoms with E-state index in [-0.39, 0.29) is 11.9 Å². The van der Waals surface area contributed by atoms with Crippen LogP contribution in [0.15, 0.2) is 72.8 Å². The van der Waals surface area contributed by atoms with E-state index in [0.717, 1.165) is 35.5 Å². The average molecular weight is 444 g/mol. The molecular weight excluding hydrogens is 410 g/mol. The second-order valence-corrected chi connectivity index (χ2v) is 8.60. The van der Waals surface area contributed by atoms with Crippen LogP contribution in [0.3, 0.4) is 0 Å². The van der Waals surface area contributed by atoms with Gasteiger partial charge in [0.15, 0.2) is 0 Å². The zero-order valence-electron chi connectivity index (χ0n) is 19.4. The van der Waals surface area contributed by atoms with Crippen molar-refractivity contribution < 1.29 is 14.3 Å². The van der Waals surface area contributed by atoms with Crippen LogP contribution in [0.5, 0.6) is 11.5 Å². The SMILES string of the molecule is CCOc1ccc(C(=O)NC2CCCCCC2)cc1COc1ccc(-c2ccccc2)cc1. The second-order valence-electron chi connectivity index (χ2n) is 8.60. The predicted molar refractivity (Wildman–Crippen MR) is 133 cm³/mol. The molecule has 0 unspecified atom stereocenters. The standard InChI is InChI=1S/C29H33NO3/c1-2-32-28-19-16-24(29(31)30-26-12-8-3-4-9-13-26)20-25(28)21-33-27-17-14-23(15-18-27)22-10-6-5-7-11-22/h5-7,10-11,14-20,26H,2-4,8-9,12-13,21H2,1H3,(H,30,31). The number of nitrogens with one attached hydrogen (secondary N) is 1. The minimum absolute atomic E-state index is 0.0154. The summed E-state index contributed by atoms with van der Waals surface area (Å²) in [5, 5.41) is 3.23. The van der Waals surface area contributed by atoms with Crippen molar-refractivity contribution in [2.45, 2.75) is 58.1 Å². The number of carbonyl (C=O) groups excluding carboxylic acids is 1. The van der Waals surface area contributed by atoms with Crippen molar-refractivity contribution in [3.05, 3.63) is 83.9 Å². The first-order valence-electron chi connectivity index (χ1n) is 12.1. The largest absolute Gasteiger partial charge is 0.493 e. The van der Waals surface area contributed by atoms with Crippen LogP contribution >= 0.6 is 0 Å². The van der Waals surface area contributed by atoms with Crippen molar-refractivity contribution in [2.75, 3.05) is 6.61 Å². The molecule has 0 radical (unpaired) electrons. The zero-order valence-corrected chi connectivity index (χ0v) is 19.4. The molecule has 1 amide bonds. The molecule has 0 spiro atoms. The van der Waals surface area contributed by atoms with Gasteiger partial charge in [0.05, 0.1) is 6.61 Å². The van der Waals surface area contributed by atoms with Gasteiger partial charge in [0.2, 0.25) is 0 Å². The lowest BCUT2D eigenvalue weighted by molar-refractivity contribution is 0.0933. The molecule has 1 aliphatic rings. The van der Waals surface area contributed by atoms with Crippen LogP contribution in [0, 0.1) is 0 Å². The maximum Gasteiger partial charge on any atom is 0.251 e. The number of benzene rings is 3. The van der Waals surface area contributed by atoms with Crippen molar-refractivity contribution in [3.63, 3.8) is 0 Å². The molecule has 3 aromatic rings. The fraction of sp³-hybridized carbons (Fsp3) is 0.345. The summed E-state index contributed by atoms with van der Waals surface area (Å²) < 4.78 is 11.9. The van der Waals surface area contributed by atoms with Crippen LogP contribution in [0.25, 0.3) is 11.1 Å². The van der Waals surface area contributed by atoms with Crippen LogP contribution in [0.2, 0.25) is 0 Å². The van der Waals surface area contributed by atoms with Crippen LogP contribution in [-0.4, -0.2) is 18.6 Å². The second kappa shape index (κ2) is 11.6. The van der Waals surface area contributed by atoms with Gasteiger partial charge in [0.1, 0.15) is 18.1 Å². The Hall–Kier alpha value is -3.27. The molecule has 1 saturated carbocycles. The van der Waals surface area contributed by atoms with E-state index in [0.29, 0.717) is 18.8 Å². The zero-order chi connectivity index (χ0) is 22.9. The van der Waals surface area contributed by atoms with Gasteiger partial charge < -0.3 is 14.8 Å². The van der Waals surface area contributed by atoms with E-state index in [1.54, 1.807) is 0 Å². The molecule has 0 aliphatic heterocycles. The first kappa shape index (κ1) is 22.9. The van der Waals surface area contributed by atoms with Gasteiger partial charge >= 0.3 is 0 Å². The van der Waals surface area contributed by atoms with E-state index in [1.165, 1.54) is 31.2 Å². The summed E-state index contributed by atoms with van der Waals surface area (Å²) in [6.45, 7) is 2.86. The molecule has 0 aromatic heterocycles. The lowest BCUT2D eigenvalue weighted by atomic mass is 10.1. The van der Waals surface area contributed by atoms with E-state index < -0.39 is 0 Å². The van der Waals surface area contributed by atoms with Crippen LogP contribution in [-0.2, 0) is 6.61 Å². The number of hydrogen-bond acceptors (Lipinski definition) is 3. The first-order chi connectivity index (χ1) is 16.2. The summed E-state index contributed by atoms with van der Waals surface area (Å²) in [5.41, 5.74) is 3.85. The molecule has 4 nitrogen and oxygen atoms in total. The summed E-state index contributed by atoms with van der Waals surface area (Å²) in [6.07, 6.45) is 7.05. The van der Waals surface area contributed by atoms with Crippen LogP contribution in [0.4, 0.5) is 0 Å². The monoisotopic (exact) mass is 443 g/mol. The number of hydrogen-bond donors (Lipinski definition) is 1. The van der Waals surface area contributed by atoms with Crippen LogP contribution < -0.4 is 14.8 Å². The van der Waals surface area contributed by atoms with Crippen molar-refractivity contribution in [3.8, 4) is 22.6 Å². The molecule has 0 heterocycles. The quantitative estimate of drug-likeness (QED) is 0.390. The van der Waals surface area contributed by atoms with Gasteiger partial charge in [-0.25, -0.2) is 0 Å². The third-order valence-electron chi connectivity index (χ3n) is 6.17. The molecule has 1 aliphatic carbocycles. The van der Waals surface area contributed by atoms with E-state index >= 15 is 0 Å². The van der Waals surface area contributed by atoms with E-state index in [9.17, 15) is 4.79 Å². The van der Waals surface area contributed by atoms with Crippen molar-refractivity contribution in [1.82, 2.24) is 5.32 Å². The topological polar surface area (TPSA) is 47.6 Å². The van der Waals surface area contributed by atoms with E-state index in [4.69, 9.17) is 9.47 Å². The minimum Gasteiger partial charge on any atom is -0.493 e. The molecule has 3 aromatic carbocycles. The van der Waals surface area contributed by atoms with Crippen molar-refractivity contribution in [1.29, 1.82) is 0 Å². The molecule has 33 heavy (non-hydrogen) atoms. The number of carbonyl (C=O) groups is 1. The minimum atomic E-state index is -0.0154. The average Bonchev–Trinajstić information content (AvgIpc) is 3.13. The molecule has 172 valence electrons. The van der Waals surface area contributed by atoms with Gasteiger partial charge in [-0.2, -0.15) is 0 Å². The van der Waals surface area contributed by atoms with Gasteiger partial charge in [-0.05, 0) is 61.2 Å². The maximum atomic E-state index is 12.9. The fourth-order valence-electron chi connectivity index (χ4n) is 4.36. The van der Waals surface area contributed by atoms with Gasteiger partial charge in [-0.1, -0.05) is 68.1 Å². The summed E-state index contributed by atoms with van der Waals surface area (Å²) in [5.74, 6) is 1.52. The Bertz CT molecular complexity index is 1020. The lowest BCUT2D eigenvalue weighted by Gasteiger charge is -2.17. The Kier molecular flexibility index (Phi) is 8.02. The van der Waals surface area contributed by atoms with Crippen molar-refractivity contribution >= 4 is 5.91 Å². The highest BCUT2D eigenvalue weighted by Gasteiger charge is 2.17. The molecule has 0 bridgehead atoms. The third-order valence-corrected chi connectivity index (χ3v) is 6.17. The Labute approximate surface area is 196 Å². The number of amides is 1. The van der Waals surface area contributed by atoms with Gasteiger partial charge in [-0.3, -0.25) is 4.79 Å². The highest BCUT2D eigenvalue weighted by Crippen LogP contribution is 2.26. The Balaban J connectivity index is 1.43. The summed E-state index contributed by atoms with van der Waals surface area (Å²) >= 11 is 0.